The van der Waals surface area contributed by atoms with Crippen LogP contribution in [-0.4, -0.2) is 57.3 Å². The zero-order valence-corrected chi connectivity index (χ0v) is 24.8. The summed E-state index contributed by atoms with van der Waals surface area (Å²) >= 11 is 0. The second-order valence-electron chi connectivity index (χ2n) is 10.4. The Morgan fingerprint density at radius 1 is 1.00 bits per heavy atom. The molecule has 1 aromatic heterocycles. The third-order valence-electron chi connectivity index (χ3n) is 7.00. The molecule has 13 heteroatoms. The Hall–Kier alpha value is -5.01. The second-order valence-corrected chi connectivity index (χ2v) is 12.1. The number of amides is 3. The normalized spacial score (nSPS) is 13.7. The number of urea groups is 1. The highest BCUT2D eigenvalue weighted by atomic mass is 32.2. The van der Waals surface area contributed by atoms with Crippen LogP contribution in [0.3, 0.4) is 0 Å². The van der Waals surface area contributed by atoms with Gasteiger partial charge < -0.3 is 20.7 Å². The van der Waals surface area contributed by atoms with Gasteiger partial charge in [-0.2, -0.15) is 0 Å². The van der Waals surface area contributed by atoms with Crippen molar-refractivity contribution in [3.63, 3.8) is 0 Å². The Morgan fingerprint density at radius 2 is 1.70 bits per heavy atom. The average molecular weight is 619 g/mol. The number of pyridine rings is 1. The molecule has 0 aliphatic carbocycles. The Balaban J connectivity index is 1.35. The van der Waals surface area contributed by atoms with Crippen molar-refractivity contribution in [3.8, 4) is 11.6 Å². The average Bonchev–Trinajstić information content (AvgIpc) is 2.98. The van der Waals surface area contributed by atoms with E-state index in [0.717, 1.165) is 17.9 Å². The lowest BCUT2D eigenvalue weighted by Crippen LogP contribution is -2.72. The van der Waals surface area contributed by atoms with Gasteiger partial charge in [0.25, 0.3) is 5.91 Å². The minimum atomic E-state index is -3.38. The van der Waals surface area contributed by atoms with Crippen molar-refractivity contribution in [2.75, 3.05) is 41.3 Å². The lowest BCUT2D eigenvalue weighted by molar-refractivity contribution is 0.0959. The van der Waals surface area contributed by atoms with Gasteiger partial charge >= 0.3 is 6.03 Å². The van der Waals surface area contributed by atoms with Gasteiger partial charge in [-0.05, 0) is 60.2 Å². The van der Waals surface area contributed by atoms with Crippen LogP contribution < -0.4 is 30.3 Å². The van der Waals surface area contributed by atoms with E-state index >= 15 is 0 Å². The smallest absolute Gasteiger partial charge is 0.326 e. The summed E-state index contributed by atoms with van der Waals surface area (Å²) in [6.45, 7) is 1.02. The number of carbonyl (C=O) groups excluding carboxylic acids is 2. The van der Waals surface area contributed by atoms with E-state index in [1.54, 1.807) is 41.4 Å². The Morgan fingerprint density at radius 3 is 2.30 bits per heavy atom. The van der Waals surface area contributed by atoms with E-state index in [0.29, 0.717) is 42.5 Å². The summed E-state index contributed by atoms with van der Waals surface area (Å²) < 4.78 is 45.3. The van der Waals surface area contributed by atoms with Gasteiger partial charge in [0.15, 0.2) is 0 Å². The first-order chi connectivity index (χ1) is 21.0. The second kappa shape index (κ2) is 12.7. The van der Waals surface area contributed by atoms with Crippen molar-refractivity contribution in [3.05, 3.63) is 108 Å². The third kappa shape index (κ3) is 7.13. The van der Waals surface area contributed by atoms with Crippen LogP contribution in [0.4, 0.5) is 26.2 Å². The quantitative estimate of drug-likeness (QED) is 0.207. The maximum atomic E-state index is 14.3. The van der Waals surface area contributed by atoms with Gasteiger partial charge in [-0.3, -0.25) is 14.4 Å². The summed E-state index contributed by atoms with van der Waals surface area (Å²) in [5.41, 5.74) is 1.40. The first kappa shape index (κ1) is 30.4. The van der Waals surface area contributed by atoms with E-state index in [4.69, 9.17) is 4.74 Å². The number of nitrogens with zero attached hydrogens (tertiary/aromatic N) is 2. The van der Waals surface area contributed by atoms with Gasteiger partial charge in [0.2, 0.25) is 15.9 Å². The zero-order chi connectivity index (χ0) is 31.3. The molecule has 1 aliphatic rings. The molecule has 228 valence electrons. The summed E-state index contributed by atoms with van der Waals surface area (Å²) in [6.07, 6.45) is 3.23. The van der Waals surface area contributed by atoms with E-state index < -0.39 is 33.3 Å². The van der Waals surface area contributed by atoms with Gasteiger partial charge in [0, 0.05) is 55.9 Å². The number of rotatable bonds is 10. The summed E-state index contributed by atoms with van der Waals surface area (Å²) in [5, 5.41) is 8.52. The Bertz CT molecular complexity index is 1750. The molecule has 0 unspecified atom stereocenters. The minimum absolute atomic E-state index is 0.175. The molecule has 0 atom stereocenters. The standard InChI is InChI=1S/C31H31FN6O5S/c1-33-29(39)26-16-23(11-14-27(26)32)36-30(40)38(24-6-4-3-5-7-24)31(19-34-20-31)17-21-8-15-28(35-18-21)43-25-12-9-22(10-13-25)37-44(2,41)42/h3-16,18,34,37H,17,19-20H2,1-2H3,(H,33,39)(H,36,40). The number of anilines is 3. The van der Waals surface area contributed by atoms with Crippen LogP contribution in [0.15, 0.2) is 91.1 Å². The monoisotopic (exact) mass is 618 g/mol. The highest BCUT2D eigenvalue weighted by Gasteiger charge is 2.46. The van der Waals surface area contributed by atoms with E-state index in [1.165, 1.54) is 19.2 Å². The number of nitrogens with one attached hydrogen (secondary N) is 4. The Kier molecular flexibility index (Phi) is 8.78. The van der Waals surface area contributed by atoms with Crippen LogP contribution in [0.25, 0.3) is 0 Å². The molecule has 0 bridgehead atoms. The molecule has 1 fully saturated rings. The maximum absolute atomic E-state index is 14.3. The number of aromatic nitrogens is 1. The molecular weight excluding hydrogens is 587 g/mol. The number of hydrogen-bond donors (Lipinski definition) is 4. The van der Waals surface area contributed by atoms with Crippen molar-refractivity contribution in [2.24, 2.45) is 0 Å². The van der Waals surface area contributed by atoms with E-state index in [9.17, 15) is 22.4 Å². The number of sulfonamides is 1. The van der Waals surface area contributed by atoms with Crippen LogP contribution in [0.2, 0.25) is 0 Å². The van der Waals surface area contributed by atoms with E-state index in [1.807, 2.05) is 36.4 Å². The fraction of sp³-hybridized carbons (Fsp3) is 0.194. The van der Waals surface area contributed by atoms with Gasteiger partial charge in [-0.25, -0.2) is 22.6 Å². The van der Waals surface area contributed by atoms with Crippen LogP contribution in [0, 0.1) is 5.82 Å². The molecule has 2 heterocycles. The fourth-order valence-corrected chi connectivity index (χ4v) is 5.50. The predicted molar refractivity (Wildman–Crippen MR) is 166 cm³/mol. The first-order valence-electron chi connectivity index (χ1n) is 13.6. The molecule has 3 amide bonds. The van der Waals surface area contributed by atoms with Gasteiger partial charge in [-0.15, -0.1) is 0 Å². The molecule has 44 heavy (non-hydrogen) atoms. The fourth-order valence-electron chi connectivity index (χ4n) is 4.93. The third-order valence-corrected chi connectivity index (χ3v) is 7.61. The highest BCUT2D eigenvalue weighted by Crippen LogP contribution is 2.33. The van der Waals surface area contributed by atoms with E-state index in [-0.39, 0.29) is 11.3 Å². The zero-order valence-electron chi connectivity index (χ0n) is 24.0. The lowest BCUT2D eigenvalue weighted by Gasteiger charge is -2.50. The number of para-hydroxylation sites is 1. The molecule has 5 rings (SSSR count). The molecule has 0 spiro atoms. The molecule has 0 saturated carbocycles. The van der Waals surface area contributed by atoms with Gasteiger partial charge in [0.1, 0.15) is 11.6 Å². The molecule has 4 N–H and O–H groups in total. The lowest BCUT2D eigenvalue weighted by atomic mass is 9.83. The van der Waals surface area contributed by atoms with Gasteiger partial charge in [-0.1, -0.05) is 24.3 Å². The highest BCUT2D eigenvalue weighted by molar-refractivity contribution is 7.92. The van der Waals surface area contributed by atoms with Crippen LogP contribution in [0.1, 0.15) is 15.9 Å². The largest absolute Gasteiger partial charge is 0.439 e. The molecule has 1 saturated heterocycles. The van der Waals surface area contributed by atoms with Crippen molar-refractivity contribution < 1.29 is 27.1 Å². The topological polar surface area (TPSA) is 142 Å². The molecular formula is C31H31FN6O5S. The summed E-state index contributed by atoms with van der Waals surface area (Å²) in [4.78, 5) is 32.1. The SMILES string of the molecule is CNC(=O)c1cc(NC(=O)N(c2ccccc2)C2(Cc3ccc(Oc4ccc(NS(C)(=O)=O)cc4)nc3)CNC2)ccc1F. The molecule has 0 radical (unpaired) electrons. The maximum Gasteiger partial charge on any atom is 0.326 e. The van der Waals surface area contributed by atoms with Gasteiger partial charge in [0.05, 0.1) is 17.4 Å². The number of halogens is 1. The van der Waals surface area contributed by atoms with Crippen LogP contribution in [0.5, 0.6) is 11.6 Å². The van der Waals surface area contributed by atoms with Crippen molar-refractivity contribution >= 4 is 39.0 Å². The molecule has 4 aromatic rings. The number of ether oxygens (including phenoxy) is 1. The van der Waals surface area contributed by atoms with Crippen molar-refractivity contribution in [1.29, 1.82) is 0 Å². The molecule has 11 nitrogen and oxygen atoms in total. The molecule has 1 aliphatic heterocycles. The predicted octanol–water partition coefficient (Wildman–Crippen LogP) is 4.37. The van der Waals surface area contributed by atoms with Crippen molar-refractivity contribution in [1.82, 2.24) is 15.6 Å². The summed E-state index contributed by atoms with van der Waals surface area (Å²) in [7, 11) is -1.98. The number of carbonyl (C=O) groups is 2. The minimum Gasteiger partial charge on any atom is -0.439 e. The number of benzene rings is 3. The Labute approximate surface area is 254 Å². The summed E-state index contributed by atoms with van der Waals surface area (Å²) in [6, 6.07) is 22.7. The van der Waals surface area contributed by atoms with E-state index in [2.05, 4.69) is 25.7 Å². The number of hydrogen-bond acceptors (Lipinski definition) is 7. The van der Waals surface area contributed by atoms with Crippen LogP contribution in [-0.2, 0) is 16.4 Å². The molecule has 3 aromatic carbocycles. The summed E-state index contributed by atoms with van der Waals surface area (Å²) in [5.74, 6) is -0.461. The van der Waals surface area contributed by atoms with Crippen LogP contribution >= 0.6 is 0 Å². The first-order valence-corrected chi connectivity index (χ1v) is 15.5. The van der Waals surface area contributed by atoms with Crippen molar-refractivity contribution in [2.45, 2.75) is 12.0 Å².